The maximum Gasteiger partial charge on any atom is 0.244 e. The van der Waals surface area contributed by atoms with Gasteiger partial charge >= 0.3 is 0 Å². The lowest BCUT2D eigenvalue weighted by Crippen LogP contribution is -2.52. The average molecular weight is 406 g/mol. The number of halogens is 2. The highest BCUT2D eigenvalue weighted by atomic mass is 79.9. The molecule has 0 radical (unpaired) electrons. The lowest BCUT2D eigenvalue weighted by Gasteiger charge is -2.42. The van der Waals surface area contributed by atoms with Crippen molar-refractivity contribution >= 4 is 34.2 Å². The largest absolute Gasteiger partial charge is 0.385 e. The number of amides is 1. The maximum absolute atomic E-state index is 12.5. The van der Waals surface area contributed by atoms with Crippen LogP contribution >= 0.6 is 28.3 Å². The molecule has 3 N–H and O–H groups in total. The number of hydrogen-bond donors (Lipinski definition) is 2. The second-order valence-electron chi connectivity index (χ2n) is 6.49. The summed E-state index contributed by atoms with van der Waals surface area (Å²) in [4.78, 5) is 12.5. The van der Waals surface area contributed by atoms with E-state index in [0.29, 0.717) is 6.54 Å². The number of carbonyl (C=O) groups is 1. The van der Waals surface area contributed by atoms with E-state index in [2.05, 4.69) is 21.2 Å². The lowest BCUT2D eigenvalue weighted by molar-refractivity contribution is -0.127. The molecule has 1 aromatic carbocycles. The second-order valence-corrected chi connectivity index (χ2v) is 7.40. The lowest BCUT2D eigenvalue weighted by atomic mass is 9.66. The van der Waals surface area contributed by atoms with Gasteiger partial charge in [0.05, 0.1) is 0 Å². The van der Waals surface area contributed by atoms with Gasteiger partial charge in [-0.1, -0.05) is 34.5 Å². The van der Waals surface area contributed by atoms with Crippen LogP contribution in [0, 0.1) is 5.41 Å². The number of hydrogen-bond acceptors (Lipinski definition) is 3. The predicted molar refractivity (Wildman–Crippen MR) is 98.7 cm³/mol. The Labute approximate surface area is 153 Å². The molecule has 1 atom stereocenters. The van der Waals surface area contributed by atoms with Crippen LogP contribution in [0.1, 0.15) is 38.2 Å². The van der Waals surface area contributed by atoms with Crippen LogP contribution in [0.15, 0.2) is 28.7 Å². The number of nitrogens with two attached hydrogens (primary N) is 1. The first-order chi connectivity index (χ1) is 10.4. The molecule has 0 aromatic heterocycles. The van der Waals surface area contributed by atoms with E-state index >= 15 is 0 Å². The van der Waals surface area contributed by atoms with E-state index in [-0.39, 0.29) is 23.7 Å². The van der Waals surface area contributed by atoms with Crippen molar-refractivity contribution in [3.63, 3.8) is 0 Å². The van der Waals surface area contributed by atoms with Crippen molar-refractivity contribution in [2.24, 2.45) is 11.1 Å². The monoisotopic (exact) mass is 404 g/mol. The van der Waals surface area contributed by atoms with Crippen molar-refractivity contribution in [1.82, 2.24) is 5.32 Å². The molecular formula is C17H26BrClN2O2. The molecule has 1 aromatic rings. The number of nitrogens with one attached hydrogen (secondary N) is 1. The van der Waals surface area contributed by atoms with Crippen molar-refractivity contribution in [1.29, 1.82) is 0 Å². The van der Waals surface area contributed by atoms with Crippen molar-refractivity contribution in [2.45, 2.75) is 38.1 Å². The minimum Gasteiger partial charge on any atom is -0.385 e. The first kappa shape index (κ1) is 20.4. The summed E-state index contributed by atoms with van der Waals surface area (Å²) >= 11 is 3.39. The van der Waals surface area contributed by atoms with Gasteiger partial charge in [-0.3, -0.25) is 4.79 Å². The number of ether oxygens (including phenoxy) is 1. The smallest absolute Gasteiger partial charge is 0.244 e. The van der Waals surface area contributed by atoms with E-state index in [1.54, 1.807) is 14.0 Å². The maximum atomic E-state index is 12.5. The number of methoxy groups -OCH3 is 1. The zero-order valence-corrected chi connectivity index (χ0v) is 16.1. The highest BCUT2D eigenvalue weighted by molar-refractivity contribution is 9.10. The molecule has 1 saturated carbocycles. The molecule has 0 saturated heterocycles. The van der Waals surface area contributed by atoms with Gasteiger partial charge in [-0.25, -0.2) is 0 Å². The summed E-state index contributed by atoms with van der Waals surface area (Å²) in [5, 5.41) is 3.06. The van der Waals surface area contributed by atoms with Gasteiger partial charge in [-0.15, -0.1) is 12.4 Å². The Hall–Kier alpha value is -0.620. The molecular weight excluding hydrogens is 380 g/mol. The third kappa shape index (κ3) is 4.92. The van der Waals surface area contributed by atoms with E-state index in [4.69, 9.17) is 10.5 Å². The summed E-state index contributed by atoms with van der Waals surface area (Å²) in [6.45, 7) is 3.18. The highest BCUT2D eigenvalue weighted by Crippen LogP contribution is 2.43. The summed E-state index contributed by atoms with van der Waals surface area (Å²) < 4.78 is 6.16. The van der Waals surface area contributed by atoms with Crippen LogP contribution in [0.25, 0.3) is 0 Å². The quantitative estimate of drug-likeness (QED) is 0.731. The molecule has 6 heteroatoms. The van der Waals surface area contributed by atoms with E-state index in [0.717, 1.165) is 35.9 Å². The topological polar surface area (TPSA) is 64.3 Å². The van der Waals surface area contributed by atoms with Crippen LogP contribution in [-0.4, -0.2) is 26.2 Å². The first-order valence-corrected chi connectivity index (χ1v) is 8.51. The third-order valence-electron chi connectivity index (χ3n) is 4.79. The van der Waals surface area contributed by atoms with E-state index < -0.39 is 5.54 Å². The molecule has 0 bridgehead atoms. The fourth-order valence-electron chi connectivity index (χ4n) is 2.89. The molecule has 1 amide bonds. The Morgan fingerprint density at radius 2 is 2.00 bits per heavy atom. The molecule has 1 aliphatic rings. The number of carbonyl (C=O) groups excluding carboxylic acids is 1. The summed E-state index contributed by atoms with van der Waals surface area (Å²) in [5.41, 5.74) is 6.26. The summed E-state index contributed by atoms with van der Waals surface area (Å²) in [6, 6.07) is 7.57. The van der Waals surface area contributed by atoms with Crippen molar-refractivity contribution in [3.8, 4) is 0 Å². The summed E-state index contributed by atoms with van der Waals surface area (Å²) in [7, 11) is 1.72. The van der Waals surface area contributed by atoms with Crippen LogP contribution in [0.5, 0.6) is 0 Å². The van der Waals surface area contributed by atoms with Crippen molar-refractivity contribution in [3.05, 3.63) is 34.3 Å². The number of rotatable bonds is 7. The molecule has 1 fully saturated rings. The van der Waals surface area contributed by atoms with Gasteiger partial charge in [-0.05, 0) is 49.3 Å². The zero-order chi connectivity index (χ0) is 16.2. The zero-order valence-electron chi connectivity index (χ0n) is 13.7. The Morgan fingerprint density at radius 3 is 2.48 bits per heavy atom. The van der Waals surface area contributed by atoms with Gasteiger partial charge in [0.2, 0.25) is 5.91 Å². The van der Waals surface area contributed by atoms with Gasteiger partial charge < -0.3 is 15.8 Å². The van der Waals surface area contributed by atoms with Gasteiger partial charge in [0.25, 0.3) is 0 Å². The molecule has 4 nitrogen and oxygen atoms in total. The SMILES string of the molecule is COCCC1(CNC(=O)C(C)(N)c2ccc(Br)cc2)CCC1.Cl. The number of benzene rings is 1. The predicted octanol–water partition coefficient (Wildman–Crippen LogP) is 3.37. The van der Waals surface area contributed by atoms with E-state index in [9.17, 15) is 4.79 Å². The van der Waals surface area contributed by atoms with Gasteiger partial charge in [0, 0.05) is 24.7 Å². The summed E-state index contributed by atoms with van der Waals surface area (Å²) in [6.07, 6.45) is 4.52. The van der Waals surface area contributed by atoms with Crippen LogP contribution in [-0.2, 0) is 15.1 Å². The molecule has 2 rings (SSSR count). The van der Waals surface area contributed by atoms with Crippen molar-refractivity contribution < 1.29 is 9.53 Å². The fraction of sp³-hybridized carbons (Fsp3) is 0.588. The first-order valence-electron chi connectivity index (χ1n) is 7.72. The minimum atomic E-state index is -1.02. The minimum absolute atomic E-state index is 0. The van der Waals surface area contributed by atoms with E-state index in [1.165, 1.54) is 6.42 Å². The fourth-order valence-corrected chi connectivity index (χ4v) is 3.15. The summed E-state index contributed by atoms with van der Waals surface area (Å²) in [5.74, 6) is -0.126. The normalized spacial score (nSPS) is 18.3. The highest BCUT2D eigenvalue weighted by Gasteiger charge is 2.38. The van der Waals surface area contributed by atoms with Crippen LogP contribution in [0.3, 0.4) is 0 Å². The third-order valence-corrected chi connectivity index (χ3v) is 5.32. The van der Waals surface area contributed by atoms with Gasteiger partial charge in [0.15, 0.2) is 0 Å². The molecule has 130 valence electrons. The molecule has 0 spiro atoms. The van der Waals surface area contributed by atoms with Crippen LogP contribution < -0.4 is 11.1 Å². The standard InChI is InChI=1S/C17H25BrN2O2.ClH/c1-16(19,13-4-6-14(18)7-5-13)15(21)20-12-17(8-3-9-17)10-11-22-2;/h4-7H,3,8-12,19H2,1-2H3,(H,20,21);1H. The molecule has 1 unspecified atom stereocenters. The second kappa shape index (κ2) is 8.47. The molecule has 1 aliphatic carbocycles. The Bertz CT molecular complexity index is 516. The van der Waals surface area contributed by atoms with Gasteiger partial charge in [-0.2, -0.15) is 0 Å². The van der Waals surface area contributed by atoms with Crippen molar-refractivity contribution in [2.75, 3.05) is 20.3 Å². The molecule has 0 aliphatic heterocycles. The Morgan fingerprint density at radius 1 is 1.39 bits per heavy atom. The molecule has 0 heterocycles. The van der Waals surface area contributed by atoms with E-state index in [1.807, 2.05) is 24.3 Å². The molecule has 23 heavy (non-hydrogen) atoms. The Balaban J connectivity index is 0.00000264. The van der Waals surface area contributed by atoms with Gasteiger partial charge in [0.1, 0.15) is 5.54 Å². The average Bonchev–Trinajstić information content (AvgIpc) is 2.46. The van der Waals surface area contributed by atoms with Crippen LogP contribution in [0.4, 0.5) is 0 Å². The Kier molecular flexibility index (Phi) is 7.52. The van der Waals surface area contributed by atoms with Crippen LogP contribution in [0.2, 0.25) is 0 Å².